The van der Waals surface area contributed by atoms with Crippen LogP contribution < -0.4 is 0 Å². The van der Waals surface area contributed by atoms with Gasteiger partial charge in [-0.2, -0.15) is 0 Å². The van der Waals surface area contributed by atoms with Crippen molar-refractivity contribution in [2.75, 3.05) is 18.8 Å². The van der Waals surface area contributed by atoms with Gasteiger partial charge >= 0.3 is 0 Å². The van der Waals surface area contributed by atoms with E-state index in [2.05, 4.69) is 31.2 Å². The fourth-order valence-electron chi connectivity index (χ4n) is 3.10. The lowest BCUT2D eigenvalue weighted by Gasteiger charge is -2.31. The molecule has 0 aromatic heterocycles. The number of Topliss-reactive ketones (excluding diaryl/α,β-unsaturated/α-hetero) is 1. The number of ketones is 1. The predicted octanol–water partition coefficient (Wildman–Crippen LogP) is 4.21. The summed E-state index contributed by atoms with van der Waals surface area (Å²) in [6, 6.07) is 17.7. The molecule has 0 N–H and O–H groups in total. The number of rotatable bonds is 5. The third-order valence-electron chi connectivity index (χ3n) is 4.66. The first-order valence-electron chi connectivity index (χ1n) is 8.70. The summed E-state index contributed by atoms with van der Waals surface area (Å²) in [5.41, 5.74) is 2.00. The number of carbonyl (C=O) groups is 2. The van der Waals surface area contributed by atoms with E-state index < -0.39 is 0 Å². The Bertz CT molecular complexity index is 719. The Morgan fingerprint density at radius 1 is 1.00 bits per heavy atom. The standard InChI is InChI=1S/C21H23NO2S/c1-16-7-9-19(10-8-16)25-15-20(23)22-13-11-18(12-14-22)21(24)17-5-3-2-4-6-17/h2-10,18H,11-15H2,1H3. The van der Waals surface area contributed by atoms with E-state index in [1.807, 2.05) is 35.2 Å². The van der Waals surface area contributed by atoms with Crippen LogP contribution in [0.15, 0.2) is 59.5 Å². The summed E-state index contributed by atoms with van der Waals surface area (Å²) in [7, 11) is 0. The topological polar surface area (TPSA) is 37.4 Å². The van der Waals surface area contributed by atoms with E-state index in [1.54, 1.807) is 11.8 Å². The molecule has 0 unspecified atom stereocenters. The van der Waals surface area contributed by atoms with E-state index in [0.29, 0.717) is 18.8 Å². The third kappa shape index (κ3) is 4.73. The van der Waals surface area contributed by atoms with E-state index in [1.165, 1.54) is 5.56 Å². The third-order valence-corrected chi connectivity index (χ3v) is 5.66. The van der Waals surface area contributed by atoms with Crippen LogP contribution in [0.5, 0.6) is 0 Å². The van der Waals surface area contributed by atoms with E-state index in [4.69, 9.17) is 0 Å². The highest BCUT2D eigenvalue weighted by Gasteiger charge is 2.27. The van der Waals surface area contributed by atoms with Crippen molar-refractivity contribution < 1.29 is 9.59 Å². The lowest BCUT2D eigenvalue weighted by molar-refractivity contribution is -0.129. The highest BCUT2D eigenvalue weighted by molar-refractivity contribution is 8.00. The zero-order valence-corrected chi connectivity index (χ0v) is 15.3. The van der Waals surface area contributed by atoms with Crippen LogP contribution in [0.1, 0.15) is 28.8 Å². The van der Waals surface area contributed by atoms with Gasteiger partial charge in [0.1, 0.15) is 0 Å². The minimum Gasteiger partial charge on any atom is -0.342 e. The van der Waals surface area contributed by atoms with Crippen LogP contribution in [0.25, 0.3) is 0 Å². The Kier molecular flexibility index (Phi) is 5.92. The summed E-state index contributed by atoms with van der Waals surface area (Å²) < 4.78 is 0. The number of piperidine rings is 1. The van der Waals surface area contributed by atoms with Crippen molar-refractivity contribution in [3.05, 3.63) is 65.7 Å². The summed E-state index contributed by atoms with van der Waals surface area (Å²) >= 11 is 1.58. The van der Waals surface area contributed by atoms with Crippen molar-refractivity contribution in [1.29, 1.82) is 0 Å². The molecular formula is C21H23NO2S. The average Bonchev–Trinajstić information content (AvgIpc) is 2.67. The van der Waals surface area contributed by atoms with Crippen molar-refractivity contribution >= 4 is 23.5 Å². The quantitative estimate of drug-likeness (QED) is 0.597. The van der Waals surface area contributed by atoms with Crippen molar-refractivity contribution in [2.24, 2.45) is 5.92 Å². The lowest BCUT2D eigenvalue weighted by atomic mass is 9.89. The first-order valence-corrected chi connectivity index (χ1v) is 9.68. The Morgan fingerprint density at radius 2 is 1.64 bits per heavy atom. The van der Waals surface area contributed by atoms with Crippen LogP contribution in [0.3, 0.4) is 0 Å². The van der Waals surface area contributed by atoms with Crippen LogP contribution in [0.4, 0.5) is 0 Å². The first kappa shape index (κ1) is 17.7. The molecule has 0 radical (unpaired) electrons. The van der Waals surface area contributed by atoms with Crippen LogP contribution in [-0.4, -0.2) is 35.4 Å². The fraction of sp³-hybridized carbons (Fsp3) is 0.333. The minimum absolute atomic E-state index is 0.0381. The highest BCUT2D eigenvalue weighted by Crippen LogP contribution is 2.24. The molecule has 1 amide bonds. The van der Waals surface area contributed by atoms with Gasteiger partial charge in [0, 0.05) is 29.5 Å². The molecule has 0 aliphatic carbocycles. The van der Waals surface area contributed by atoms with Gasteiger partial charge < -0.3 is 4.90 Å². The molecule has 0 saturated carbocycles. The second-order valence-electron chi connectivity index (χ2n) is 6.49. The molecule has 130 valence electrons. The van der Waals surface area contributed by atoms with E-state index >= 15 is 0 Å². The summed E-state index contributed by atoms with van der Waals surface area (Å²) in [5.74, 6) is 0.870. The number of amides is 1. The van der Waals surface area contributed by atoms with E-state index in [-0.39, 0.29) is 17.6 Å². The molecule has 25 heavy (non-hydrogen) atoms. The van der Waals surface area contributed by atoms with Crippen molar-refractivity contribution in [3.8, 4) is 0 Å². The molecular weight excluding hydrogens is 330 g/mol. The average molecular weight is 353 g/mol. The number of hydrogen-bond donors (Lipinski definition) is 0. The number of thioether (sulfide) groups is 1. The van der Waals surface area contributed by atoms with Gasteiger partial charge in [0.25, 0.3) is 0 Å². The zero-order valence-electron chi connectivity index (χ0n) is 14.5. The molecule has 1 saturated heterocycles. The molecule has 1 aliphatic rings. The molecule has 0 bridgehead atoms. The lowest BCUT2D eigenvalue weighted by Crippen LogP contribution is -2.41. The van der Waals surface area contributed by atoms with Gasteiger partial charge in [0.2, 0.25) is 5.91 Å². The summed E-state index contributed by atoms with van der Waals surface area (Å²) in [6.07, 6.45) is 1.52. The van der Waals surface area contributed by atoms with E-state index in [0.717, 1.165) is 23.3 Å². The van der Waals surface area contributed by atoms with Gasteiger partial charge in [0.15, 0.2) is 5.78 Å². The summed E-state index contributed by atoms with van der Waals surface area (Å²) in [5, 5.41) is 0. The molecule has 2 aromatic rings. The number of aryl methyl sites for hydroxylation is 1. The molecule has 1 aliphatic heterocycles. The minimum atomic E-state index is 0.0381. The van der Waals surface area contributed by atoms with Gasteiger partial charge in [-0.3, -0.25) is 9.59 Å². The SMILES string of the molecule is Cc1ccc(SCC(=O)N2CCC(C(=O)c3ccccc3)CC2)cc1. The molecule has 4 heteroatoms. The van der Waals surface area contributed by atoms with Crippen LogP contribution in [0.2, 0.25) is 0 Å². The van der Waals surface area contributed by atoms with Gasteiger partial charge in [0.05, 0.1) is 5.75 Å². The Labute approximate surface area is 153 Å². The maximum absolute atomic E-state index is 12.5. The number of hydrogen-bond acceptors (Lipinski definition) is 3. The highest BCUT2D eigenvalue weighted by atomic mass is 32.2. The molecule has 3 rings (SSSR count). The normalized spacial score (nSPS) is 15.2. The summed E-state index contributed by atoms with van der Waals surface area (Å²) in [6.45, 7) is 3.41. The Hall–Kier alpha value is -2.07. The molecule has 0 spiro atoms. The predicted molar refractivity (Wildman–Crippen MR) is 102 cm³/mol. The molecule has 0 atom stereocenters. The van der Waals surface area contributed by atoms with Crippen molar-refractivity contribution in [2.45, 2.75) is 24.7 Å². The first-order chi connectivity index (χ1) is 12.1. The molecule has 2 aromatic carbocycles. The second-order valence-corrected chi connectivity index (χ2v) is 7.54. The zero-order chi connectivity index (χ0) is 17.6. The number of likely N-dealkylation sites (tertiary alicyclic amines) is 1. The number of benzene rings is 2. The fourth-order valence-corrected chi connectivity index (χ4v) is 3.90. The van der Waals surface area contributed by atoms with Crippen LogP contribution in [0, 0.1) is 12.8 Å². The van der Waals surface area contributed by atoms with Gasteiger partial charge in [-0.05, 0) is 31.9 Å². The molecule has 3 nitrogen and oxygen atoms in total. The van der Waals surface area contributed by atoms with Gasteiger partial charge in [-0.25, -0.2) is 0 Å². The van der Waals surface area contributed by atoms with Gasteiger partial charge in [-0.1, -0.05) is 48.0 Å². The maximum atomic E-state index is 12.5. The maximum Gasteiger partial charge on any atom is 0.232 e. The smallest absolute Gasteiger partial charge is 0.232 e. The number of nitrogens with zero attached hydrogens (tertiary/aromatic N) is 1. The van der Waals surface area contributed by atoms with Gasteiger partial charge in [-0.15, -0.1) is 11.8 Å². The summed E-state index contributed by atoms with van der Waals surface area (Å²) in [4.78, 5) is 27.9. The number of carbonyl (C=O) groups excluding carboxylic acids is 2. The Morgan fingerprint density at radius 3 is 2.28 bits per heavy atom. The Balaban J connectivity index is 1.47. The van der Waals surface area contributed by atoms with Crippen molar-refractivity contribution in [3.63, 3.8) is 0 Å². The van der Waals surface area contributed by atoms with Crippen molar-refractivity contribution in [1.82, 2.24) is 4.90 Å². The second kappa shape index (κ2) is 8.34. The monoisotopic (exact) mass is 353 g/mol. The van der Waals surface area contributed by atoms with Crippen LogP contribution in [-0.2, 0) is 4.79 Å². The van der Waals surface area contributed by atoms with Crippen LogP contribution >= 0.6 is 11.8 Å². The largest absolute Gasteiger partial charge is 0.342 e. The van der Waals surface area contributed by atoms with E-state index in [9.17, 15) is 9.59 Å². The molecule has 1 heterocycles. The molecule has 1 fully saturated rings.